The van der Waals surface area contributed by atoms with Crippen LogP contribution in [-0.2, 0) is 9.53 Å². The van der Waals surface area contributed by atoms with Crippen LogP contribution in [0, 0.1) is 5.92 Å². The molecular formula is C8H14O2S. The molecule has 1 aliphatic rings. The zero-order chi connectivity index (χ0) is 8.10. The number of rotatable bonds is 2. The molecule has 1 saturated heterocycles. The number of esters is 1. The van der Waals surface area contributed by atoms with E-state index < -0.39 is 0 Å². The van der Waals surface area contributed by atoms with E-state index in [9.17, 15) is 4.79 Å². The molecule has 1 aliphatic heterocycles. The zero-order valence-corrected chi connectivity index (χ0v) is 7.65. The largest absolute Gasteiger partial charge is 0.466 e. The highest BCUT2D eigenvalue weighted by Crippen LogP contribution is 2.23. The third-order valence-corrected chi connectivity index (χ3v) is 3.00. The summed E-state index contributed by atoms with van der Waals surface area (Å²) in [5.41, 5.74) is 0. The quantitative estimate of drug-likeness (QED) is 0.596. The van der Waals surface area contributed by atoms with Gasteiger partial charge in [0.05, 0.1) is 12.5 Å². The molecule has 2 nitrogen and oxygen atoms in total. The lowest BCUT2D eigenvalue weighted by molar-refractivity contribution is -0.147. The van der Waals surface area contributed by atoms with Crippen molar-refractivity contribution in [1.82, 2.24) is 0 Å². The van der Waals surface area contributed by atoms with Crippen molar-refractivity contribution in [2.75, 3.05) is 18.1 Å². The molecule has 0 aromatic carbocycles. The number of carbonyl (C=O) groups is 1. The van der Waals surface area contributed by atoms with Gasteiger partial charge in [-0.25, -0.2) is 0 Å². The molecule has 0 radical (unpaired) electrons. The molecule has 0 aromatic heterocycles. The maximum Gasteiger partial charge on any atom is 0.309 e. The van der Waals surface area contributed by atoms with Crippen LogP contribution in [-0.4, -0.2) is 24.1 Å². The summed E-state index contributed by atoms with van der Waals surface area (Å²) in [4.78, 5) is 11.2. The first-order valence-corrected chi connectivity index (χ1v) is 5.24. The Hall–Kier alpha value is -0.180. The molecule has 1 fully saturated rings. The van der Waals surface area contributed by atoms with E-state index in [0.717, 1.165) is 18.6 Å². The molecule has 0 bridgehead atoms. The van der Waals surface area contributed by atoms with E-state index in [4.69, 9.17) is 4.74 Å². The van der Waals surface area contributed by atoms with Crippen LogP contribution in [0.2, 0.25) is 0 Å². The Labute approximate surface area is 71.7 Å². The number of hydrogen-bond donors (Lipinski definition) is 0. The van der Waals surface area contributed by atoms with Gasteiger partial charge in [0.25, 0.3) is 0 Å². The van der Waals surface area contributed by atoms with Gasteiger partial charge in [-0.1, -0.05) is 0 Å². The minimum atomic E-state index is -0.000278. The number of thioether (sulfide) groups is 1. The van der Waals surface area contributed by atoms with Gasteiger partial charge in [-0.3, -0.25) is 4.79 Å². The molecule has 0 N–H and O–H groups in total. The molecule has 64 valence electrons. The van der Waals surface area contributed by atoms with Crippen LogP contribution in [0.25, 0.3) is 0 Å². The molecular weight excluding hydrogens is 160 g/mol. The van der Waals surface area contributed by atoms with Crippen molar-refractivity contribution in [3.63, 3.8) is 0 Å². The van der Waals surface area contributed by atoms with Gasteiger partial charge in [-0.15, -0.1) is 0 Å². The second-order valence-electron chi connectivity index (χ2n) is 2.67. The second kappa shape index (κ2) is 4.65. The van der Waals surface area contributed by atoms with Gasteiger partial charge in [-0.2, -0.15) is 11.8 Å². The summed E-state index contributed by atoms with van der Waals surface area (Å²) < 4.78 is 4.93. The fourth-order valence-corrected chi connectivity index (χ4v) is 2.31. The van der Waals surface area contributed by atoms with Gasteiger partial charge in [0.15, 0.2) is 0 Å². The van der Waals surface area contributed by atoms with Crippen molar-refractivity contribution in [2.45, 2.75) is 19.8 Å². The van der Waals surface area contributed by atoms with Crippen LogP contribution in [0.5, 0.6) is 0 Å². The Morgan fingerprint density at radius 1 is 1.73 bits per heavy atom. The zero-order valence-electron chi connectivity index (χ0n) is 6.84. The lowest BCUT2D eigenvalue weighted by Gasteiger charge is -2.18. The highest BCUT2D eigenvalue weighted by molar-refractivity contribution is 7.99. The number of carbonyl (C=O) groups excluding carboxylic acids is 1. The summed E-state index contributed by atoms with van der Waals surface area (Å²) in [6.45, 7) is 2.37. The summed E-state index contributed by atoms with van der Waals surface area (Å²) in [6.07, 6.45) is 2.18. The first-order valence-electron chi connectivity index (χ1n) is 4.09. The summed E-state index contributed by atoms with van der Waals surface area (Å²) in [7, 11) is 0. The molecule has 0 aromatic rings. The molecule has 1 heterocycles. The first kappa shape index (κ1) is 8.91. The van der Waals surface area contributed by atoms with Crippen LogP contribution in [0.3, 0.4) is 0 Å². The van der Waals surface area contributed by atoms with E-state index in [1.54, 1.807) is 0 Å². The molecule has 0 aliphatic carbocycles. The maximum absolute atomic E-state index is 11.2. The summed E-state index contributed by atoms with van der Waals surface area (Å²) in [5.74, 6) is 2.34. The minimum absolute atomic E-state index is 0.000278. The van der Waals surface area contributed by atoms with Crippen molar-refractivity contribution in [3.8, 4) is 0 Å². The predicted octanol–water partition coefficient (Wildman–Crippen LogP) is 1.69. The highest BCUT2D eigenvalue weighted by atomic mass is 32.2. The highest BCUT2D eigenvalue weighted by Gasteiger charge is 2.21. The summed E-state index contributed by atoms with van der Waals surface area (Å²) >= 11 is 1.86. The Morgan fingerprint density at radius 3 is 3.09 bits per heavy atom. The smallest absolute Gasteiger partial charge is 0.309 e. The Bertz CT molecular complexity index is 130. The second-order valence-corrected chi connectivity index (χ2v) is 3.82. The van der Waals surface area contributed by atoms with Crippen LogP contribution in [0.15, 0.2) is 0 Å². The van der Waals surface area contributed by atoms with E-state index in [-0.39, 0.29) is 11.9 Å². The normalized spacial score (nSPS) is 24.6. The van der Waals surface area contributed by atoms with Gasteiger partial charge < -0.3 is 4.74 Å². The monoisotopic (exact) mass is 174 g/mol. The Kier molecular flexibility index (Phi) is 3.77. The third-order valence-electron chi connectivity index (χ3n) is 1.78. The van der Waals surface area contributed by atoms with E-state index in [2.05, 4.69) is 0 Å². The van der Waals surface area contributed by atoms with Gasteiger partial charge in [0.1, 0.15) is 0 Å². The fourth-order valence-electron chi connectivity index (χ4n) is 1.19. The van der Waals surface area contributed by atoms with Crippen LogP contribution < -0.4 is 0 Å². The molecule has 1 atom stereocenters. The molecule has 3 heteroatoms. The summed E-state index contributed by atoms with van der Waals surface area (Å²) in [5, 5.41) is 0. The Morgan fingerprint density at radius 2 is 2.55 bits per heavy atom. The molecule has 0 spiro atoms. The van der Waals surface area contributed by atoms with E-state index in [1.807, 2.05) is 18.7 Å². The van der Waals surface area contributed by atoms with Crippen LogP contribution in [0.1, 0.15) is 19.8 Å². The summed E-state index contributed by atoms with van der Waals surface area (Å²) in [6, 6.07) is 0. The van der Waals surface area contributed by atoms with Gasteiger partial charge in [-0.05, 0) is 25.5 Å². The lowest BCUT2D eigenvalue weighted by Crippen LogP contribution is -2.22. The van der Waals surface area contributed by atoms with Gasteiger partial charge in [0, 0.05) is 5.75 Å². The van der Waals surface area contributed by atoms with E-state index >= 15 is 0 Å². The van der Waals surface area contributed by atoms with Gasteiger partial charge >= 0.3 is 5.97 Å². The number of hydrogen-bond acceptors (Lipinski definition) is 3. The fraction of sp³-hybridized carbons (Fsp3) is 0.875. The average molecular weight is 174 g/mol. The van der Waals surface area contributed by atoms with Crippen LogP contribution in [0.4, 0.5) is 0 Å². The average Bonchev–Trinajstić information content (AvgIpc) is 2.07. The van der Waals surface area contributed by atoms with E-state index in [0.29, 0.717) is 6.61 Å². The molecule has 1 rings (SSSR count). The van der Waals surface area contributed by atoms with E-state index in [1.165, 1.54) is 5.75 Å². The first-order chi connectivity index (χ1) is 5.34. The third kappa shape index (κ3) is 2.73. The SMILES string of the molecule is CCOC(=O)[C@H]1CCCSC1. The van der Waals surface area contributed by atoms with Crippen molar-refractivity contribution >= 4 is 17.7 Å². The minimum Gasteiger partial charge on any atom is -0.466 e. The maximum atomic E-state index is 11.2. The molecule has 0 unspecified atom stereocenters. The Balaban J connectivity index is 2.27. The topological polar surface area (TPSA) is 26.3 Å². The van der Waals surface area contributed by atoms with Gasteiger partial charge in [0.2, 0.25) is 0 Å². The van der Waals surface area contributed by atoms with Crippen molar-refractivity contribution < 1.29 is 9.53 Å². The van der Waals surface area contributed by atoms with Crippen molar-refractivity contribution in [2.24, 2.45) is 5.92 Å². The van der Waals surface area contributed by atoms with Crippen LogP contribution >= 0.6 is 11.8 Å². The molecule has 0 amide bonds. The predicted molar refractivity (Wildman–Crippen MR) is 46.7 cm³/mol. The van der Waals surface area contributed by atoms with Crippen molar-refractivity contribution in [3.05, 3.63) is 0 Å². The molecule has 11 heavy (non-hydrogen) atoms. The van der Waals surface area contributed by atoms with Crippen molar-refractivity contribution in [1.29, 1.82) is 0 Å². The molecule has 0 saturated carbocycles. The lowest BCUT2D eigenvalue weighted by atomic mass is 10.1. The standard InChI is InChI=1S/C8H14O2S/c1-2-10-8(9)7-4-3-5-11-6-7/h7H,2-6H2,1H3/t7-/m0/s1. The number of ether oxygens (including phenoxy) is 1.